The normalized spacial score (nSPS) is 10.6. The van der Waals surface area contributed by atoms with Crippen LogP contribution in [0.4, 0.5) is 0 Å². The van der Waals surface area contributed by atoms with Crippen LogP contribution in [0.2, 0.25) is 0 Å². The van der Waals surface area contributed by atoms with Crippen LogP contribution in [0, 0.1) is 13.8 Å². The molecule has 0 atom stereocenters. The van der Waals surface area contributed by atoms with Crippen molar-refractivity contribution in [3.8, 4) is 0 Å². The molecule has 2 aromatic heterocycles. The second kappa shape index (κ2) is 4.94. The zero-order valence-electron chi connectivity index (χ0n) is 9.66. The number of furan rings is 1. The van der Waals surface area contributed by atoms with Crippen molar-refractivity contribution < 1.29 is 4.42 Å². The highest BCUT2D eigenvalue weighted by atomic mass is 16.3. The zero-order valence-corrected chi connectivity index (χ0v) is 9.66. The van der Waals surface area contributed by atoms with E-state index < -0.39 is 0 Å². The standard InChI is InChI=1S/C13H16N2O/c1-10-4-3-5-12(15-10)8-14-9-13-7-6-11(2)16-13/h3-7,14H,8-9H2,1-2H3. The van der Waals surface area contributed by atoms with Crippen LogP contribution in [0.5, 0.6) is 0 Å². The van der Waals surface area contributed by atoms with Gasteiger partial charge in [-0.2, -0.15) is 0 Å². The first-order valence-electron chi connectivity index (χ1n) is 5.42. The highest BCUT2D eigenvalue weighted by molar-refractivity contribution is 5.10. The molecule has 0 aliphatic carbocycles. The molecule has 2 heterocycles. The van der Waals surface area contributed by atoms with Gasteiger partial charge in [0.05, 0.1) is 12.2 Å². The Morgan fingerprint density at radius 2 is 2.00 bits per heavy atom. The molecule has 2 rings (SSSR count). The molecule has 0 saturated heterocycles. The van der Waals surface area contributed by atoms with Gasteiger partial charge in [0.1, 0.15) is 11.5 Å². The number of hydrogen-bond acceptors (Lipinski definition) is 3. The van der Waals surface area contributed by atoms with Crippen LogP contribution >= 0.6 is 0 Å². The van der Waals surface area contributed by atoms with Gasteiger partial charge >= 0.3 is 0 Å². The summed E-state index contributed by atoms with van der Waals surface area (Å²) in [7, 11) is 0. The first kappa shape index (κ1) is 10.9. The Labute approximate surface area is 95.5 Å². The smallest absolute Gasteiger partial charge is 0.117 e. The number of rotatable bonds is 4. The van der Waals surface area contributed by atoms with Crippen molar-refractivity contribution >= 4 is 0 Å². The second-order valence-electron chi connectivity index (χ2n) is 3.89. The number of pyridine rings is 1. The van der Waals surface area contributed by atoms with Gasteiger partial charge in [0, 0.05) is 12.2 Å². The predicted molar refractivity (Wildman–Crippen MR) is 63.0 cm³/mol. The summed E-state index contributed by atoms with van der Waals surface area (Å²) in [6.07, 6.45) is 0. The minimum atomic E-state index is 0.740. The minimum absolute atomic E-state index is 0.740. The molecule has 1 N–H and O–H groups in total. The van der Waals surface area contributed by atoms with Crippen LogP contribution in [-0.4, -0.2) is 4.98 Å². The summed E-state index contributed by atoms with van der Waals surface area (Å²) in [6.45, 7) is 5.45. The van der Waals surface area contributed by atoms with E-state index in [2.05, 4.69) is 10.3 Å². The molecule has 0 radical (unpaired) electrons. The van der Waals surface area contributed by atoms with Gasteiger partial charge in [-0.15, -0.1) is 0 Å². The van der Waals surface area contributed by atoms with Crippen molar-refractivity contribution in [2.45, 2.75) is 26.9 Å². The summed E-state index contributed by atoms with van der Waals surface area (Å²) in [5.41, 5.74) is 2.11. The predicted octanol–water partition coefficient (Wildman–Crippen LogP) is 2.58. The van der Waals surface area contributed by atoms with Gasteiger partial charge in [-0.3, -0.25) is 4.98 Å². The lowest BCUT2D eigenvalue weighted by atomic mass is 10.3. The van der Waals surface area contributed by atoms with Crippen LogP contribution in [0.3, 0.4) is 0 Å². The Kier molecular flexibility index (Phi) is 3.37. The van der Waals surface area contributed by atoms with Gasteiger partial charge in [0.25, 0.3) is 0 Å². The molecule has 0 saturated carbocycles. The summed E-state index contributed by atoms with van der Waals surface area (Å²) in [5.74, 6) is 1.91. The SMILES string of the molecule is Cc1cccc(CNCc2ccc(C)o2)n1. The first-order valence-corrected chi connectivity index (χ1v) is 5.42. The lowest BCUT2D eigenvalue weighted by Gasteiger charge is -2.03. The molecule has 3 nitrogen and oxygen atoms in total. The number of nitrogens with zero attached hydrogens (tertiary/aromatic N) is 1. The molecular formula is C13H16N2O. The van der Waals surface area contributed by atoms with E-state index in [1.54, 1.807) is 0 Å². The third-order valence-corrected chi connectivity index (χ3v) is 2.35. The fourth-order valence-electron chi connectivity index (χ4n) is 1.59. The monoisotopic (exact) mass is 216 g/mol. The van der Waals surface area contributed by atoms with Gasteiger partial charge < -0.3 is 9.73 Å². The van der Waals surface area contributed by atoms with E-state index in [9.17, 15) is 0 Å². The topological polar surface area (TPSA) is 38.1 Å². The molecule has 0 unspecified atom stereocenters. The number of aryl methyl sites for hydroxylation is 2. The molecule has 0 bridgehead atoms. The maximum Gasteiger partial charge on any atom is 0.117 e. The molecule has 0 aromatic carbocycles. The van der Waals surface area contributed by atoms with Gasteiger partial charge in [0.15, 0.2) is 0 Å². The van der Waals surface area contributed by atoms with Crippen molar-refractivity contribution in [1.82, 2.24) is 10.3 Å². The summed E-state index contributed by atoms with van der Waals surface area (Å²) in [5, 5.41) is 3.30. The molecule has 0 spiro atoms. The second-order valence-corrected chi connectivity index (χ2v) is 3.89. The molecule has 0 aliphatic heterocycles. The van der Waals surface area contributed by atoms with Crippen LogP contribution in [0.1, 0.15) is 22.9 Å². The largest absolute Gasteiger partial charge is 0.465 e. The lowest BCUT2D eigenvalue weighted by Crippen LogP contribution is -2.13. The maximum atomic E-state index is 5.46. The Balaban J connectivity index is 1.84. The summed E-state index contributed by atoms with van der Waals surface area (Å²) in [4.78, 5) is 4.42. The Bertz CT molecular complexity index is 462. The Hall–Kier alpha value is -1.61. The van der Waals surface area contributed by atoms with E-state index in [1.807, 2.05) is 44.2 Å². The van der Waals surface area contributed by atoms with Gasteiger partial charge in [-0.05, 0) is 38.1 Å². The molecule has 16 heavy (non-hydrogen) atoms. The first-order chi connectivity index (χ1) is 7.74. The molecular weight excluding hydrogens is 200 g/mol. The van der Waals surface area contributed by atoms with Gasteiger partial charge in [0.2, 0.25) is 0 Å². The maximum absolute atomic E-state index is 5.46. The van der Waals surface area contributed by atoms with E-state index in [-0.39, 0.29) is 0 Å². The third-order valence-electron chi connectivity index (χ3n) is 2.35. The molecule has 0 amide bonds. The van der Waals surface area contributed by atoms with Crippen LogP contribution in [0.25, 0.3) is 0 Å². The highest BCUT2D eigenvalue weighted by Crippen LogP contribution is 2.06. The zero-order chi connectivity index (χ0) is 11.4. The van der Waals surface area contributed by atoms with Gasteiger partial charge in [-0.25, -0.2) is 0 Å². The highest BCUT2D eigenvalue weighted by Gasteiger charge is 1.98. The summed E-state index contributed by atoms with van der Waals surface area (Å²) in [6, 6.07) is 10.0. The molecule has 0 fully saturated rings. The van der Waals surface area contributed by atoms with Crippen molar-refractivity contribution in [2.75, 3.05) is 0 Å². The van der Waals surface area contributed by atoms with Crippen LogP contribution < -0.4 is 5.32 Å². The fourth-order valence-corrected chi connectivity index (χ4v) is 1.59. The third kappa shape index (κ3) is 2.94. The molecule has 2 aromatic rings. The van der Waals surface area contributed by atoms with Crippen LogP contribution in [-0.2, 0) is 13.1 Å². The summed E-state index contributed by atoms with van der Waals surface area (Å²) >= 11 is 0. The van der Waals surface area contributed by atoms with Crippen molar-refractivity contribution in [2.24, 2.45) is 0 Å². The Morgan fingerprint density at radius 1 is 1.12 bits per heavy atom. The number of aromatic nitrogens is 1. The van der Waals surface area contributed by atoms with Gasteiger partial charge in [-0.1, -0.05) is 6.07 Å². The number of nitrogens with one attached hydrogen (secondary N) is 1. The lowest BCUT2D eigenvalue weighted by molar-refractivity contribution is 0.461. The fraction of sp³-hybridized carbons (Fsp3) is 0.308. The van der Waals surface area contributed by atoms with E-state index in [4.69, 9.17) is 4.42 Å². The number of hydrogen-bond donors (Lipinski definition) is 1. The quantitative estimate of drug-likeness (QED) is 0.853. The van der Waals surface area contributed by atoms with Crippen molar-refractivity contribution in [3.05, 3.63) is 53.2 Å². The molecule has 84 valence electrons. The molecule has 3 heteroatoms. The average molecular weight is 216 g/mol. The van der Waals surface area contributed by atoms with E-state index >= 15 is 0 Å². The van der Waals surface area contributed by atoms with E-state index in [0.717, 1.165) is 36.0 Å². The van der Waals surface area contributed by atoms with Crippen LogP contribution in [0.15, 0.2) is 34.7 Å². The van der Waals surface area contributed by atoms with E-state index in [1.165, 1.54) is 0 Å². The van der Waals surface area contributed by atoms with Crippen molar-refractivity contribution in [3.63, 3.8) is 0 Å². The molecule has 0 aliphatic rings. The Morgan fingerprint density at radius 3 is 2.69 bits per heavy atom. The van der Waals surface area contributed by atoms with E-state index in [0.29, 0.717) is 0 Å². The van der Waals surface area contributed by atoms with Crippen molar-refractivity contribution in [1.29, 1.82) is 0 Å². The average Bonchev–Trinajstić information content (AvgIpc) is 2.64. The minimum Gasteiger partial charge on any atom is -0.465 e. The summed E-state index contributed by atoms with van der Waals surface area (Å²) < 4.78 is 5.46.